The van der Waals surface area contributed by atoms with Crippen LogP contribution in [0, 0.1) is 0 Å². The molecule has 0 atom stereocenters. The minimum Gasteiger partial charge on any atom is -0.461 e. The summed E-state index contributed by atoms with van der Waals surface area (Å²) in [7, 11) is 0. The van der Waals surface area contributed by atoms with Crippen LogP contribution in [0.5, 0.6) is 0 Å². The molecule has 136 valence electrons. The van der Waals surface area contributed by atoms with Gasteiger partial charge in [0.15, 0.2) is 10.9 Å². The van der Waals surface area contributed by atoms with Crippen molar-refractivity contribution in [1.29, 1.82) is 0 Å². The van der Waals surface area contributed by atoms with E-state index in [1.54, 1.807) is 24.7 Å². The number of rotatable bonds is 6. The fraction of sp³-hybridized carbons (Fsp3) is 0.118. The first-order chi connectivity index (χ1) is 13.2. The van der Waals surface area contributed by atoms with E-state index in [-0.39, 0.29) is 5.91 Å². The van der Waals surface area contributed by atoms with Gasteiger partial charge >= 0.3 is 0 Å². The van der Waals surface area contributed by atoms with Gasteiger partial charge in [-0.25, -0.2) is 0 Å². The normalized spacial score (nSPS) is 10.9. The zero-order valence-electron chi connectivity index (χ0n) is 14.2. The second kappa shape index (κ2) is 7.46. The van der Waals surface area contributed by atoms with Gasteiger partial charge in [-0.2, -0.15) is 4.98 Å². The average Bonchev–Trinajstić information content (AvgIpc) is 3.39. The SMILES string of the molecule is CC(=O)Nc1cccc(-n2cnnc2SCc2nc(-c3ccco3)no2)c1. The Morgan fingerprint density at radius 3 is 3.04 bits per heavy atom. The summed E-state index contributed by atoms with van der Waals surface area (Å²) < 4.78 is 12.3. The number of carbonyl (C=O) groups is 1. The second-order valence-electron chi connectivity index (χ2n) is 5.49. The van der Waals surface area contributed by atoms with E-state index < -0.39 is 0 Å². The zero-order valence-corrected chi connectivity index (χ0v) is 15.0. The number of anilines is 1. The van der Waals surface area contributed by atoms with E-state index in [1.165, 1.54) is 18.7 Å². The third-order valence-electron chi connectivity index (χ3n) is 3.50. The lowest BCUT2D eigenvalue weighted by Gasteiger charge is -2.08. The summed E-state index contributed by atoms with van der Waals surface area (Å²) in [4.78, 5) is 15.6. The molecule has 3 heterocycles. The molecule has 0 radical (unpaired) electrons. The first kappa shape index (κ1) is 17.0. The van der Waals surface area contributed by atoms with Gasteiger partial charge in [-0.05, 0) is 30.3 Å². The molecule has 0 saturated carbocycles. The standard InChI is InChI=1S/C17H14N6O3S/c1-11(24)19-12-4-2-5-13(8-12)23-10-18-21-17(23)27-9-15-20-16(22-26-15)14-6-3-7-25-14/h2-8,10H,9H2,1H3,(H,19,24). The van der Waals surface area contributed by atoms with Gasteiger partial charge in [-0.1, -0.05) is 23.0 Å². The van der Waals surface area contributed by atoms with Gasteiger partial charge in [0.1, 0.15) is 6.33 Å². The van der Waals surface area contributed by atoms with E-state index >= 15 is 0 Å². The highest BCUT2D eigenvalue weighted by molar-refractivity contribution is 7.98. The molecule has 0 saturated heterocycles. The van der Waals surface area contributed by atoms with Crippen molar-refractivity contribution in [2.24, 2.45) is 0 Å². The maximum Gasteiger partial charge on any atom is 0.238 e. The number of thioether (sulfide) groups is 1. The van der Waals surface area contributed by atoms with Crippen LogP contribution in [0.2, 0.25) is 0 Å². The fourth-order valence-corrected chi connectivity index (χ4v) is 3.15. The van der Waals surface area contributed by atoms with Crippen molar-refractivity contribution in [1.82, 2.24) is 24.9 Å². The Balaban J connectivity index is 1.49. The molecule has 0 fully saturated rings. The van der Waals surface area contributed by atoms with E-state index in [1.807, 2.05) is 28.8 Å². The molecule has 0 aliphatic heterocycles. The molecule has 1 amide bonds. The van der Waals surface area contributed by atoms with Crippen molar-refractivity contribution >= 4 is 23.4 Å². The Bertz CT molecular complexity index is 1060. The summed E-state index contributed by atoms with van der Waals surface area (Å²) in [6, 6.07) is 10.9. The predicted molar refractivity (Wildman–Crippen MR) is 97.2 cm³/mol. The fourth-order valence-electron chi connectivity index (χ4n) is 2.38. The molecule has 1 N–H and O–H groups in total. The largest absolute Gasteiger partial charge is 0.461 e. The van der Waals surface area contributed by atoms with Gasteiger partial charge in [0.25, 0.3) is 0 Å². The van der Waals surface area contributed by atoms with Crippen molar-refractivity contribution in [3.8, 4) is 17.3 Å². The van der Waals surface area contributed by atoms with Crippen LogP contribution in [0.25, 0.3) is 17.3 Å². The second-order valence-corrected chi connectivity index (χ2v) is 6.44. The zero-order chi connectivity index (χ0) is 18.6. The van der Waals surface area contributed by atoms with Gasteiger partial charge in [0.05, 0.1) is 17.7 Å². The maximum atomic E-state index is 11.2. The van der Waals surface area contributed by atoms with E-state index in [0.29, 0.717) is 34.1 Å². The number of furan rings is 1. The van der Waals surface area contributed by atoms with Crippen molar-refractivity contribution in [3.63, 3.8) is 0 Å². The van der Waals surface area contributed by atoms with E-state index in [9.17, 15) is 4.79 Å². The number of amides is 1. The molecule has 4 rings (SSSR count). The molecule has 27 heavy (non-hydrogen) atoms. The summed E-state index contributed by atoms with van der Waals surface area (Å²) in [6.45, 7) is 1.47. The lowest BCUT2D eigenvalue weighted by atomic mass is 10.2. The lowest BCUT2D eigenvalue weighted by molar-refractivity contribution is -0.114. The number of benzene rings is 1. The molecular formula is C17H14N6O3S. The smallest absolute Gasteiger partial charge is 0.238 e. The molecule has 0 spiro atoms. The summed E-state index contributed by atoms with van der Waals surface area (Å²) in [5.41, 5.74) is 1.53. The van der Waals surface area contributed by atoms with Crippen LogP contribution in [0.1, 0.15) is 12.8 Å². The van der Waals surface area contributed by atoms with Crippen LogP contribution in [-0.2, 0) is 10.5 Å². The molecule has 0 aliphatic rings. The number of nitrogens with zero attached hydrogens (tertiary/aromatic N) is 5. The predicted octanol–water partition coefficient (Wildman–Crippen LogP) is 3.16. The van der Waals surface area contributed by atoms with Crippen LogP contribution < -0.4 is 5.32 Å². The Morgan fingerprint density at radius 1 is 1.30 bits per heavy atom. The highest BCUT2D eigenvalue weighted by Gasteiger charge is 2.14. The molecule has 4 aromatic rings. The van der Waals surface area contributed by atoms with Gasteiger partial charge in [0, 0.05) is 12.6 Å². The molecule has 10 heteroatoms. The molecule has 1 aromatic carbocycles. The highest BCUT2D eigenvalue weighted by Crippen LogP contribution is 2.25. The molecular weight excluding hydrogens is 368 g/mol. The minimum atomic E-state index is -0.130. The minimum absolute atomic E-state index is 0.130. The van der Waals surface area contributed by atoms with Gasteiger partial charge in [-0.3, -0.25) is 9.36 Å². The summed E-state index contributed by atoms with van der Waals surface area (Å²) in [6.07, 6.45) is 3.16. The maximum absolute atomic E-state index is 11.2. The van der Waals surface area contributed by atoms with Crippen molar-refractivity contribution < 1.29 is 13.7 Å². The van der Waals surface area contributed by atoms with E-state index in [0.717, 1.165) is 5.69 Å². The van der Waals surface area contributed by atoms with Crippen LogP contribution in [0.3, 0.4) is 0 Å². The third-order valence-corrected chi connectivity index (χ3v) is 4.42. The van der Waals surface area contributed by atoms with E-state index in [2.05, 4.69) is 25.7 Å². The van der Waals surface area contributed by atoms with Crippen LogP contribution in [0.4, 0.5) is 5.69 Å². The third kappa shape index (κ3) is 3.90. The summed E-state index contributed by atoms with van der Waals surface area (Å²) in [5, 5.41) is 15.4. The first-order valence-corrected chi connectivity index (χ1v) is 8.95. The topological polar surface area (TPSA) is 112 Å². The lowest BCUT2D eigenvalue weighted by Crippen LogP contribution is -2.06. The Labute approximate surface area is 157 Å². The summed E-state index contributed by atoms with van der Waals surface area (Å²) >= 11 is 1.41. The monoisotopic (exact) mass is 382 g/mol. The van der Waals surface area contributed by atoms with Crippen LogP contribution in [-0.4, -0.2) is 30.8 Å². The number of carbonyl (C=O) groups excluding carboxylic acids is 1. The number of hydrogen-bond donors (Lipinski definition) is 1. The molecule has 0 bridgehead atoms. The van der Waals surface area contributed by atoms with Crippen LogP contribution >= 0.6 is 11.8 Å². The average molecular weight is 382 g/mol. The van der Waals surface area contributed by atoms with Gasteiger partial charge in [0.2, 0.25) is 17.6 Å². The van der Waals surface area contributed by atoms with Gasteiger partial charge in [-0.15, -0.1) is 10.2 Å². The van der Waals surface area contributed by atoms with Crippen molar-refractivity contribution in [3.05, 3.63) is 54.9 Å². The quantitative estimate of drug-likeness (QED) is 0.506. The Kier molecular flexibility index (Phi) is 4.71. The number of aromatic nitrogens is 5. The molecule has 0 aliphatic carbocycles. The molecule has 0 unspecified atom stereocenters. The first-order valence-electron chi connectivity index (χ1n) is 7.96. The van der Waals surface area contributed by atoms with E-state index in [4.69, 9.17) is 8.94 Å². The summed E-state index contributed by atoms with van der Waals surface area (Å²) in [5.74, 6) is 1.70. The van der Waals surface area contributed by atoms with Crippen molar-refractivity contribution in [2.75, 3.05) is 5.32 Å². The Morgan fingerprint density at radius 2 is 2.22 bits per heavy atom. The van der Waals surface area contributed by atoms with Crippen LogP contribution in [0.15, 0.2) is 63.1 Å². The number of nitrogens with one attached hydrogen (secondary N) is 1. The molecule has 3 aromatic heterocycles. The number of hydrogen-bond acceptors (Lipinski definition) is 8. The highest BCUT2D eigenvalue weighted by atomic mass is 32.2. The van der Waals surface area contributed by atoms with Gasteiger partial charge < -0.3 is 14.3 Å². The van der Waals surface area contributed by atoms with Crippen molar-refractivity contribution in [2.45, 2.75) is 17.8 Å². The molecule has 9 nitrogen and oxygen atoms in total. The Hall–Kier alpha value is -3.40.